The van der Waals surface area contributed by atoms with Gasteiger partial charge in [-0.25, -0.2) is 0 Å². The largest absolute Gasteiger partial charge is 0.356 e. The second-order valence-corrected chi connectivity index (χ2v) is 5.35. The number of hydrogen-bond donors (Lipinski definition) is 2. The molecular formula is C13H24N2O. The predicted molar refractivity (Wildman–Crippen MR) is 65.2 cm³/mol. The summed E-state index contributed by atoms with van der Waals surface area (Å²) >= 11 is 0. The van der Waals surface area contributed by atoms with Crippen LogP contribution in [0.5, 0.6) is 0 Å². The smallest absolute Gasteiger partial charge is 0.220 e. The first kappa shape index (κ1) is 11.9. The van der Waals surface area contributed by atoms with Crippen LogP contribution in [-0.4, -0.2) is 25.5 Å². The minimum atomic E-state index is 0.276. The number of carbonyl (C=O) groups excluding carboxylic acids is 1. The van der Waals surface area contributed by atoms with Crippen LogP contribution < -0.4 is 10.6 Å². The van der Waals surface area contributed by atoms with Crippen molar-refractivity contribution in [3.63, 3.8) is 0 Å². The third-order valence-corrected chi connectivity index (χ3v) is 3.99. The molecule has 1 aliphatic heterocycles. The lowest BCUT2D eigenvalue weighted by Gasteiger charge is -2.11. The highest BCUT2D eigenvalue weighted by Gasteiger charge is 2.18. The molecule has 3 heteroatoms. The molecule has 0 bridgehead atoms. The van der Waals surface area contributed by atoms with Gasteiger partial charge in [-0.15, -0.1) is 0 Å². The monoisotopic (exact) mass is 224 g/mol. The second kappa shape index (κ2) is 6.24. The van der Waals surface area contributed by atoms with Crippen LogP contribution in [0.15, 0.2) is 0 Å². The Morgan fingerprint density at radius 3 is 2.69 bits per heavy atom. The molecule has 3 nitrogen and oxygen atoms in total. The van der Waals surface area contributed by atoms with E-state index in [0.717, 1.165) is 38.4 Å². The van der Waals surface area contributed by atoms with Crippen LogP contribution in [0.1, 0.15) is 44.9 Å². The summed E-state index contributed by atoms with van der Waals surface area (Å²) in [6.45, 7) is 3.16. The van der Waals surface area contributed by atoms with Crippen molar-refractivity contribution in [2.24, 2.45) is 11.8 Å². The molecule has 16 heavy (non-hydrogen) atoms. The highest BCUT2D eigenvalue weighted by molar-refractivity contribution is 5.76. The zero-order valence-corrected chi connectivity index (χ0v) is 10.1. The first-order valence-electron chi connectivity index (χ1n) is 6.82. The molecule has 2 aliphatic rings. The van der Waals surface area contributed by atoms with Gasteiger partial charge >= 0.3 is 0 Å². The molecule has 0 aromatic carbocycles. The minimum Gasteiger partial charge on any atom is -0.356 e. The van der Waals surface area contributed by atoms with E-state index in [-0.39, 0.29) is 5.91 Å². The van der Waals surface area contributed by atoms with Crippen LogP contribution in [-0.2, 0) is 4.79 Å². The Bertz CT molecular complexity index is 218. The van der Waals surface area contributed by atoms with Crippen molar-refractivity contribution in [2.75, 3.05) is 19.6 Å². The van der Waals surface area contributed by atoms with E-state index in [1.54, 1.807) is 0 Å². The van der Waals surface area contributed by atoms with Gasteiger partial charge in [0.1, 0.15) is 0 Å². The molecule has 1 heterocycles. The summed E-state index contributed by atoms with van der Waals surface area (Å²) in [5, 5.41) is 6.43. The van der Waals surface area contributed by atoms with Crippen LogP contribution in [0.4, 0.5) is 0 Å². The van der Waals surface area contributed by atoms with E-state index in [0.29, 0.717) is 5.92 Å². The summed E-state index contributed by atoms with van der Waals surface area (Å²) in [7, 11) is 0. The van der Waals surface area contributed by atoms with Gasteiger partial charge in [0, 0.05) is 13.0 Å². The maximum absolute atomic E-state index is 11.6. The standard InChI is InChI=1S/C13H24N2O/c16-13(9-11-3-1-2-4-11)15-8-6-12-5-7-14-10-12/h11-12,14H,1-10H2,(H,15,16). The third kappa shape index (κ3) is 3.78. The van der Waals surface area contributed by atoms with E-state index in [2.05, 4.69) is 10.6 Å². The number of nitrogens with one attached hydrogen (secondary N) is 2. The molecule has 1 saturated heterocycles. The Morgan fingerprint density at radius 2 is 2.00 bits per heavy atom. The molecule has 0 radical (unpaired) electrons. The van der Waals surface area contributed by atoms with E-state index in [4.69, 9.17) is 0 Å². The first-order chi connectivity index (χ1) is 7.84. The maximum atomic E-state index is 11.6. The topological polar surface area (TPSA) is 41.1 Å². The van der Waals surface area contributed by atoms with E-state index >= 15 is 0 Å². The molecule has 0 aromatic rings. The molecule has 92 valence electrons. The van der Waals surface area contributed by atoms with Gasteiger partial charge in [0.05, 0.1) is 0 Å². The summed E-state index contributed by atoms with van der Waals surface area (Å²) in [5.74, 6) is 1.73. The highest BCUT2D eigenvalue weighted by Crippen LogP contribution is 2.27. The fourth-order valence-corrected chi connectivity index (χ4v) is 2.93. The minimum absolute atomic E-state index is 0.276. The predicted octanol–water partition coefficient (Wildman–Crippen LogP) is 1.68. The van der Waals surface area contributed by atoms with Crippen molar-refractivity contribution < 1.29 is 4.79 Å². The summed E-state index contributed by atoms with van der Waals surface area (Å²) in [5.41, 5.74) is 0. The van der Waals surface area contributed by atoms with Gasteiger partial charge in [-0.3, -0.25) is 4.79 Å². The molecule has 1 aliphatic carbocycles. The summed E-state index contributed by atoms with van der Waals surface area (Å²) in [6.07, 6.45) is 8.36. The first-order valence-corrected chi connectivity index (χ1v) is 6.82. The van der Waals surface area contributed by atoms with Crippen molar-refractivity contribution in [2.45, 2.75) is 44.9 Å². The fourth-order valence-electron chi connectivity index (χ4n) is 2.93. The molecule has 0 spiro atoms. The SMILES string of the molecule is O=C(CC1CCCC1)NCCC1CCNC1. The molecule has 1 atom stereocenters. The number of carbonyl (C=O) groups is 1. The summed E-state index contributed by atoms with van der Waals surface area (Å²) < 4.78 is 0. The fraction of sp³-hybridized carbons (Fsp3) is 0.923. The Labute approximate surface area is 98.4 Å². The Balaban J connectivity index is 1.52. The number of amides is 1. The van der Waals surface area contributed by atoms with Gasteiger partial charge in [-0.05, 0) is 50.6 Å². The summed E-state index contributed by atoms with van der Waals surface area (Å²) in [4.78, 5) is 11.6. The lowest BCUT2D eigenvalue weighted by molar-refractivity contribution is -0.122. The molecule has 2 N–H and O–H groups in total. The molecule has 2 fully saturated rings. The molecule has 1 saturated carbocycles. The number of hydrogen-bond acceptors (Lipinski definition) is 2. The average Bonchev–Trinajstić information content (AvgIpc) is 2.90. The van der Waals surface area contributed by atoms with Crippen molar-refractivity contribution >= 4 is 5.91 Å². The molecular weight excluding hydrogens is 200 g/mol. The lowest BCUT2D eigenvalue weighted by atomic mass is 10.0. The summed E-state index contributed by atoms with van der Waals surface area (Å²) in [6, 6.07) is 0. The quantitative estimate of drug-likeness (QED) is 0.746. The zero-order valence-electron chi connectivity index (χ0n) is 10.1. The third-order valence-electron chi connectivity index (χ3n) is 3.99. The van der Waals surface area contributed by atoms with Crippen LogP contribution in [0.2, 0.25) is 0 Å². The van der Waals surface area contributed by atoms with Crippen molar-refractivity contribution in [1.29, 1.82) is 0 Å². The van der Waals surface area contributed by atoms with Gasteiger partial charge < -0.3 is 10.6 Å². The maximum Gasteiger partial charge on any atom is 0.220 e. The zero-order chi connectivity index (χ0) is 11.2. The second-order valence-electron chi connectivity index (χ2n) is 5.35. The van der Waals surface area contributed by atoms with Crippen molar-refractivity contribution in [3.05, 3.63) is 0 Å². The normalized spacial score (nSPS) is 26.1. The van der Waals surface area contributed by atoms with Gasteiger partial charge in [0.2, 0.25) is 5.91 Å². The van der Waals surface area contributed by atoms with Crippen LogP contribution in [0.25, 0.3) is 0 Å². The van der Waals surface area contributed by atoms with Gasteiger partial charge in [0.15, 0.2) is 0 Å². The van der Waals surface area contributed by atoms with Gasteiger partial charge in [-0.1, -0.05) is 12.8 Å². The van der Waals surface area contributed by atoms with E-state index in [1.807, 2.05) is 0 Å². The van der Waals surface area contributed by atoms with E-state index in [9.17, 15) is 4.79 Å². The van der Waals surface area contributed by atoms with Crippen molar-refractivity contribution in [3.8, 4) is 0 Å². The van der Waals surface area contributed by atoms with E-state index < -0.39 is 0 Å². The Morgan fingerprint density at radius 1 is 1.19 bits per heavy atom. The lowest BCUT2D eigenvalue weighted by Crippen LogP contribution is -2.27. The van der Waals surface area contributed by atoms with Crippen LogP contribution in [0, 0.1) is 11.8 Å². The molecule has 2 rings (SSSR count). The van der Waals surface area contributed by atoms with Gasteiger partial charge in [-0.2, -0.15) is 0 Å². The van der Waals surface area contributed by atoms with Crippen LogP contribution >= 0.6 is 0 Å². The molecule has 0 aromatic heterocycles. The van der Waals surface area contributed by atoms with E-state index in [1.165, 1.54) is 32.1 Å². The van der Waals surface area contributed by atoms with Gasteiger partial charge in [0.25, 0.3) is 0 Å². The Kier molecular flexibility index (Phi) is 4.64. The van der Waals surface area contributed by atoms with Crippen LogP contribution in [0.3, 0.4) is 0 Å². The molecule has 1 amide bonds. The molecule has 1 unspecified atom stereocenters. The Hall–Kier alpha value is -0.570. The average molecular weight is 224 g/mol. The highest BCUT2D eigenvalue weighted by atomic mass is 16.1. The number of rotatable bonds is 5. The van der Waals surface area contributed by atoms with Crippen molar-refractivity contribution in [1.82, 2.24) is 10.6 Å².